The van der Waals surface area contributed by atoms with Crippen LogP contribution in [0.5, 0.6) is 0 Å². The maximum atomic E-state index is 12.3. The van der Waals surface area contributed by atoms with Crippen molar-refractivity contribution in [2.75, 3.05) is 0 Å². The van der Waals surface area contributed by atoms with E-state index in [0.717, 1.165) is 0 Å². The molecule has 4 N–H and O–H groups in total. The van der Waals surface area contributed by atoms with Crippen molar-refractivity contribution in [3.8, 4) is 0 Å². The lowest BCUT2D eigenvalue weighted by Crippen LogP contribution is -2.56. The maximum Gasteiger partial charge on any atom is 0.253 e. The Morgan fingerprint density at radius 2 is 2.00 bits per heavy atom. The molecule has 0 radical (unpaired) electrons. The Balaban J connectivity index is 3.12. The van der Waals surface area contributed by atoms with Gasteiger partial charge in [0.2, 0.25) is 0 Å². The summed E-state index contributed by atoms with van der Waals surface area (Å²) in [6, 6.07) is 4.61. The van der Waals surface area contributed by atoms with Gasteiger partial charge >= 0.3 is 0 Å². The van der Waals surface area contributed by atoms with Gasteiger partial charge in [-0.3, -0.25) is 4.79 Å². The van der Waals surface area contributed by atoms with E-state index < -0.39 is 11.4 Å². The molecule has 1 aromatic rings. The van der Waals surface area contributed by atoms with Crippen molar-refractivity contribution in [1.82, 2.24) is 5.32 Å². The van der Waals surface area contributed by atoms with Crippen LogP contribution in [-0.2, 0) is 0 Å². The number of benzene rings is 1. The Morgan fingerprint density at radius 1 is 1.40 bits per heavy atom. The highest BCUT2D eigenvalue weighted by molar-refractivity contribution is 6.35. The third-order valence-corrected chi connectivity index (χ3v) is 3.90. The quantitative estimate of drug-likeness (QED) is 0.337. The highest BCUT2D eigenvalue weighted by Gasteiger charge is 2.34. The predicted molar refractivity (Wildman–Crippen MR) is 80.7 cm³/mol. The van der Waals surface area contributed by atoms with Crippen molar-refractivity contribution in [1.29, 1.82) is 0 Å². The minimum absolute atomic E-state index is 0.0472. The largest absolute Gasteiger partial charge is 0.409 e. The number of amides is 1. The van der Waals surface area contributed by atoms with Crippen molar-refractivity contribution >= 4 is 34.9 Å². The summed E-state index contributed by atoms with van der Waals surface area (Å²) in [6.45, 7) is 3.67. The number of halogens is 2. The fourth-order valence-corrected chi connectivity index (χ4v) is 2.28. The van der Waals surface area contributed by atoms with Gasteiger partial charge in [-0.2, -0.15) is 0 Å². The summed E-state index contributed by atoms with van der Waals surface area (Å²) in [5.74, 6) is -0.471. The molecule has 5 nitrogen and oxygen atoms in total. The Labute approximate surface area is 127 Å². The van der Waals surface area contributed by atoms with Crippen LogP contribution >= 0.6 is 23.2 Å². The molecule has 1 rings (SSSR count). The first-order valence-electron chi connectivity index (χ1n) is 6.15. The zero-order chi connectivity index (χ0) is 15.3. The number of amidine groups is 1. The molecule has 0 aliphatic heterocycles. The molecule has 0 saturated carbocycles. The third kappa shape index (κ3) is 3.35. The molecular weight excluding hydrogens is 301 g/mol. The van der Waals surface area contributed by atoms with Gasteiger partial charge in [0.1, 0.15) is 5.54 Å². The molecule has 0 atom stereocenters. The first kappa shape index (κ1) is 16.6. The highest BCUT2D eigenvalue weighted by Crippen LogP contribution is 2.23. The summed E-state index contributed by atoms with van der Waals surface area (Å²) in [4.78, 5) is 12.3. The first-order valence-corrected chi connectivity index (χ1v) is 6.91. The second-order valence-electron chi connectivity index (χ2n) is 4.35. The van der Waals surface area contributed by atoms with Crippen LogP contribution in [0, 0.1) is 0 Å². The molecule has 0 unspecified atom stereocenters. The number of hydrogen-bond acceptors (Lipinski definition) is 3. The summed E-state index contributed by atoms with van der Waals surface area (Å²) in [5.41, 5.74) is 5.02. The number of carbonyl (C=O) groups is 1. The SMILES string of the molecule is CCC(CC)(NC(=O)c1cc(Cl)ccc1Cl)/C(N)=N/O. The summed E-state index contributed by atoms with van der Waals surface area (Å²) in [7, 11) is 0. The number of hydrogen-bond donors (Lipinski definition) is 3. The number of nitrogens with zero attached hydrogens (tertiary/aromatic N) is 1. The maximum absolute atomic E-state index is 12.3. The fourth-order valence-electron chi connectivity index (χ4n) is 1.90. The normalized spacial score (nSPS) is 12.3. The lowest BCUT2D eigenvalue weighted by atomic mass is 9.91. The summed E-state index contributed by atoms with van der Waals surface area (Å²) >= 11 is 11.9. The lowest BCUT2D eigenvalue weighted by Gasteiger charge is -2.31. The summed E-state index contributed by atoms with van der Waals surface area (Å²) < 4.78 is 0. The fraction of sp³-hybridized carbons (Fsp3) is 0.385. The zero-order valence-corrected chi connectivity index (χ0v) is 12.8. The molecule has 7 heteroatoms. The predicted octanol–water partition coefficient (Wildman–Crippen LogP) is 3.03. The van der Waals surface area contributed by atoms with E-state index in [9.17, 15) is 4.79 Å². The van der Waals surface area contributed by atoms with Crippen LogP contribution in [0.25, 0.3) is 0 Å². The van der Waals surface area contributed by atoms with Crippen LogP contribution < -0.4 is 11.1 Å². The number of oxime groups is 1. The molecule has 0 aliphatic carbocycles. The molecule has 0 fully saturated rings. The van der Waals surface area contributed by atoms with E-state index in [0.29, 0.717) is 17.9 Å². The Bertz CT molecular complexity index is 528. The number of carbonyl (C=O) groups excluding carboxylic acids is 1. The minimum atomic E-state index is -0.919. The molecule has 20 heavy (non-hydrogen) atoms. The Kier molecular flexibility index (Phi) is 5.65. The van der Waals surface area contributed by atoms with Crippen molar-refractivity contribution in [2.45, 2.75) is 32.2 Å². The highest BCUT2D eigenvalue weighted by atomic mass is 35.5. The van der Waals surface area contributed by atoms with E-state index in [2.05, 4.69) is 10.5 Å². The van der Waals surface area contributed by atoms with Gasteiger partial charge in [0.15, 0.2) is 5.84 Å². The van der Waals surface area contributed by atoms with Gasteiger partial charge in [-0.25, -0.2) is 0 Å². The van der Waals surface area contributed by atoms with Gasteiger partial charge in [0.05, 0.1) is 10.6 Å². The van der Waals surface area contributed by atoms with Gasteiger partial charge in [-0.1, -0.05) is 42.2 Å². The second kappa shape index (κ2) is 6.81. The van der Waals surface area contributed by atoms with Crippen LogP contribution in [0.2, 0.25) is 10.0 Å². The Hall–Kier alpha value is -1.46. The molecule has 0 aliphatic rings. The number of rotatable bonds is 5. The minimum Gasteiger partial charge on any atom is -0.409 e. The standard InChI is InChI=1S/C13H17Cl2N3O2/c1-3-13(4-2,12(16)18-20)17-11(19)9-7-8(14)5-6-10(9)15/h5-7,20H,3-4H2,1-2H3,(H2,16,18)(H,17,19). The molecule has 0 spiro atoms. The lowest BCUT2D eigenvalue weighted by molar-refractivity contribution is 0.0918. The summed E-state index contributed by atoms with van der Waals surface area (Å²) in [6.07, 6.45) is 0.951. The van der Waals surface area contributed by atoms with Gasteiger partial charge in [0.25, 0.3) is 5.91 Å². The average Bonchev–Trinajstić information content (AvgIpc) is 2.46. The molecule has 0 heterocycles. The van der Waals surface area contributed by atoms with Gasteiger partial charge in [0, 0.05) is 5.02 Å². The topological polar surface area (TPSA) is 87.7 Å². The van der Waals surface area contributed by atoms with Crippen LogP contribution in [0.1, 0.15) is 37.0 Å². The van der Waals surface area contributed by atoms with Crippen molar-refractivity contribution in [3.63, 3.8) is 0 Å². The first-order chi connectivity index (χ1) is 9.40. The molecule has 0 aromatic heterocycles. The van der Waals surface area contributed by atoms with Gasteiger partial charge < -0.3 is 16.3 Å². The van der Waals surface area contributed by atoms with E-state index in [-0.39, 0.29) is 16.4 Å². The van der Waals surface area contributed by atoms with E-state index in [1.165, 1.54) is 6.07 Å². The van der Waals surface area contributed by atoms with E-state index in [1.807, 2.05) is 13.8 Å². The van der Waals surface area contributed by atoms with E-state index >= 15 is 0 Å². The van der Waals surface area contributed by atoms with Crippen LogP contribution in [-0.4, -0.2) is 22.5 Å². The van der Waals surface area contributed by atoms with Crippen molar-refractivity contribution in [2.24, 2.45) is 10.9 Å². The van der Waals surface area contributed by atoms with Crippen LogP contribution in [0.3, 0.4) is 0 Å². The van der Waals surface area contributed by atoms with Crippen LogP contribution in [0.4, 0.5) is 0 Å². The molecule has 1 amide bonds. The third-order valence-electron chi connectivity index (χ3n) is 3.33. The van der Waals surface area contributed by atoms with Gasteiger partial charge in [-0.15, -0.1) is 0 Å². The van der Waals surface area contributed by atoms with E-state index in [1.54, 1.807) is 12.1 Å². The average molecular weight is 318 g/mol. The van der Waals surface area contributed by atoms with Gasteiger partial charge in [-0.05, 0) is 31.0 Å². The zero-order valence-electron chi connectivity index (χ0n) is 11.3. The number of nitrogens with two attached hydrogens (primary N) is 1. The van der Waals surface area contributed by atoms with Crippen molar-refractivity contribution < 1.29 is 10.0 Å². The molecule has 110 valence electrons. The Morgan fingerprint density at radius 3 is 2.50 bits per heavy atom. The smallest absolute Gasteiger partial charge is 0.253 e. The second-order valence-corrected chi connectivity index (χ2v) is 5.20. The van der Waals surface area contributed by atoms with Crippen molar-refractivity contribution in [3.05, 3.63) is 33.8 Å². The summed E-state index contributed by atoms with van der Waals surface area (Å²) in [5, 5.41) is 15.3. The van der Waals surface area contributed by atoms with Crippen LogP contribution in [0.15, 0.2) is 23.4 Å². The molecule has 1 aromatic carbocycles. The molecular formula is C13H17Cl2N3O2. The molecule has 0 bridgehead atoms. The monoisotopic (exact) mass is 317 g/mol. The van der Waals surface area contributed by atoms with E-state index in [4.69, 9.17) is 34.1 Å². The number of nitrogens with one attached hydrogen (secondary N) is 1. The molecule has 0 saturated heterocycles.